The van der Waals surface area contributed by atoms with Crippen LogP contribution in [0.4, 0.5) is 0 Å². The van der Waals surface area contributed by atoms with E-state index in [1.165, 1.54) is 103 Å². The first-order valence-corrected chi connectivity index (χ1v) is 9.83. The molecule has 1 atom stereocenters. The number of nitrogens with one attached hydrogen (secondary N) is 1. The number of hydrogen-bond acceptors (Lipinski definition) is 2. The van der Waals surface area contributed by atoms with Crippen LogP contribution in [0.3, 0.4) is 0 Å². The zero-order valence-electron chi connectivity index (χ0n) is 14.8. The average Bonchev–Trinajstić information content (AvgIpc) is 2.53. The van der Waals surface area contributed by atoms with Gasteiger partial charge in [0.05, 0.1) is 0 Å². The van der Waals surface area contributed by atoms with Crippen LogP contribution in [0.25, 0.3) is 0 Å². The van der Waals surface area contributed by atoms with E-state index in [1.807, 2.05) is 0 Å². The van der Waals surface area contributed by atoms with E-state index in [9.17, 15) is 0 Å². The number of likely N-dealkylation sites (tertiary alicyclic amines) is 1. The molecule has 0 radical (unpaired) electrons. The quantitative estimate of drug-likeness (QED) is 0.482. The lowest BCUT2D eigenvalue weighted by Gasteiger charge is -2.35. The third kappa shape index (κ3) is 9.52. The fourth-order valence-corrected chi connectivity index (χ4v) is 3.51. The molecule has 1 rings (SSSR count). The summed E-state index contributed by atoms with van der Waals surface area (Å²) in [5.41, 5.74) is 0. The van der Waals surface area contributed by atoms with Gasteiger partial charge in [-0.15, -0.1) is 0 Å². The van der Waals surface area contributed by atoms with Crippen molar-refractivity contribution >= 4 is 0 Å². The summed E-state index contributed by atoms with van der Waals surface area (Å²) in [4.78, 5) is 2.80. The molecule has 1 N–H and O–H groups in total. The Bertz CT molecular complexity index is 212. The van der Waals surface area contributed by atoms with Gasteiger partial charge in [-0.1, -0.05) is 52.4 Å². The molecule has 126 valence electrons. The van der Waals surface area contributed by atoms with Crippen molar-refractivity contribution < 1.29 is 0 Å². The molecule has 2 nitrogen and oxygen atoms in total. The minimum atomic E-state index is 0.870. The molecule has 0 aromatic rings. The van der Waals surface area contributed by atoms with E-state index in [1.54, 1.807) is 0 Å². The topological polar surface area (TPSA) is 15.3 Å². The van der Waals surface area contributed by atoms with Crippen molar-refractivity contribution in [1.82, 2.24) is 10.2 Å². The summed E-state index contributed by atoms with van der Waals surface area (Å²) in [6, 6.07) is 0.870. The predicted octanol–water partition coefficient (Wildman–Crippen LogP) is 4.98. The van der Waals surface area contributed by atoms with E-state index in [4.69, 9.17) is 0 Å². The second-order valence-electron chi connectivity index (χ2n) is 6.85. The van der Waals surface area contributed by atoms with Crippen molar-refractivity contribution in [3.63, 3.8) is 0 Å². The van der Waals surface area contributed by atoms with Gasteiger partial charge in [0.1, 0.15) is 0 Å². The number of nitrogens with zero attached hydrogens (tertiary/aromatic N) is 1. The van der Waals surface area contributed by atoms with Gasteiger partial charge < -0.3 is 10.2 Å². The molecular formula is C19H40N2. The molecule has 0 bridgehead atoms. The van der Waals surface area contributed by atoms with E-state index in [0.29, 0.717) is 0 Å². The van der Waals surface area contributed by atoms with E-state index in [0.717, 1.165) is 6.04 Å². The Labute approximate surface area is 134 Å². The Hall–Kier alpha value is -0.0800. The molecule has 0 aromatic heterocycles. The summed E-state index contributed by atoms with van der Waals surface area (Å²) in [7, 11) is 0. The lowest BCUT2D eigenvalue weighted by molar-refractivity contribution is 0.143. The maximum absolute atomic E-state index is 3.63. The van der Waals surface area contributed by atoms with Gasteiger partial charge in [0.25, 0.3) is 0 Å². The van der Waals surface area contributed by atoms with Crippen molar-refractivity contribution in [3.05, 3.63) is 0 Å². The summed E-state index contributed by atoms with van der Waals surface area (Å²) in [6.45, 7) is 9.76. The fourth-order valence-electron chi connectivity index (χ4n) is 3.51. The van der Waals surface area contributed by atoms with Crippen LogP contribution in [0.5, 0.6) is 0 Å². The summed E-state index contributed by atoms with van der Waals surface area (Å²) >= 11 is 0. The standard InChI is InChI=1S/C19H40N2/c1-3-5-8-13-19(21-17-10-7-11-18-21)14-12-16-20-15-9-6-4-2/h19-20H,3-18H2,1-2H3. The molecule has 1 heterocycles. The summed E-state index contributed by atoms with van der Waals surface area (Å²) in [6.07, 6.45) is 16.8. The highest BCUT2D eigenvalue weighted by atomic mass is 15.2. The van der Waals surface area contributed by atoms with Gasteiger partial charge in [0.2, 0.25) is 0 Å². The average molecular weight is 297 g/mol. The highest BCUT2D eigenvalue weighted by Gasteiger charge is 2.19. The molecule has 2 heteroatoms. The Morgan fingerprint density at radius 3 is 2.10 bits per heavy atom. The lowest BCUT2D eigenvalue weighted by atomic mass is 9.99. The normalized spacial score (nSPS) is 18.0. The van der Waals surface area contributed by atoms with E-state index >= 15 is 0 Å². The van der Waals surface area contributed by atoms with Crippen LogP contribution in [0.2, 0.25) is 0 Å². The third-order valence-electron chi connectivity index (χ3n) is 4.90. The molecule has 21 heavy (non-hydrogen) atoms. The van der Waals surface area contributed by atoms with Crippen LogP contribution < -0.4 is 5.32 Å². The van der Waals surface area contributed by atoms with Crippen LogP contribution in [-0.4, -0.2) is 37.1 Å². The Morgan fingerprint density at radius 1 is 0.762 bits per heavy atom. The molecule has 1 aliphatic heterocycles. The second-order valence-corrected chi connectivity index (χ2v) is 6.85. The van der Waals surface area contributed by atoms with E-state index < -0.39 is 0 Å². The second kappa shape index (κ2) is 13.6. The van der Waals surface area contributed by atoms with Gasteiger partial charge in [-0.3, -0.25) is 0 Å². The predicted molar refractivity (Wildman–Crippen MR) is 95.0 cm³/mol. The molecule has 1 aliphatic rings. The fraction of sp³-hybridized carbons (Fsp3) is 1.00. The minimum Gasteiger partial charge on any atom is -0.317 e. The largest absolute Gasteiger partial charge is 0.317 e. The van der Waals surface area contributed by atoms with Crippen molar-refractivity contribution in [3.8, 4) is 0 Å². The van der Waals surface area contributed by atoms with Gasteiger partial charge in [0.15, 0.2) is 0 Å². The molecule has 0 amide bonds. The van der Waals surface area contributed by atoms with Crippen molar-refractivity contribution in [2.45, 2.75) is 96.9 Å². The Balaban J connectivity index is 2.15. The Kier molecular flexibility index (Phi) is 12.3. The van der Waals surface area contributed by atoms with Crippen molar-refractivity contribution in [2.75, 3.05) is 26.2 Å². The van der Waals surface area contributed by atoms with Crippen molar-refractivity contribution in [2.24, 2.45) is 0 Å². The SMILES string of the molecule is CCCCCNCCCC(CCCCC)N1CCCCC1. The first kappa shape index (κ1) is 19.0. The number of piperidine rings is 1. The summed E-state index contributed by atoms with van der Waals surface area (Å²) in [5.74, 6) is 0. The van der Waals surface area contributed by atoms with E-state index in [2.05, 4.69) is 24.1 Å². The molecule has 0 aliphatic carbocycles. The number of hydrogen-bond donors (Lipinski definition) is 1. The molecule has 0 aromatic carbocycles. The molecular weight excluding hydrogens is 256 g/mol. The van der Waals surface area contributed by atoms with Crippen molar-refractivity contribution in [1.29, 1.82) is 0 Å². The Morgan fingerprint density at radius 2 is 1.38 bits per heavy atom. The zero-order chi connectivity index (χ0) is 15.2. The molecule has 0 saturated carbocycles. The first-order chi connectivity index (χ1) is 10.4. The minimum absolute atomic E-state index is 0.870. The third-order valence-corrected chi connectivity index (χ3v) is 4.90. The van der Waals surface area contributed by atoms with Crippen LogP contribution in [0, 0.1) is 0 Å². The maximum Gasteiger partial charge on any atom is 0.00957 e. The van der Waals surface area contributed by atoms with Crippen LogP contribution in [-0.2, 0) is 0 Å². The lowest BCUT2D eigenvalue weighted by Crippen LogP contribution is -2.39. The molecule has 0 spiro atoms. The number of unbranched alkanes of at least 4 members (excludes halogenated alkanes) is 4. The van der Waals surface area contributed by atoms with Gasteiger partial charge in [-0.05, 0) is 64.7 Å². The zero-order valence-corrected chi connectivity index (χ0v) is 14.8. The van der Waals surface area contributed by atoms with Gasteiger partial charge in [-0.25, -0.2) is 0 Å². The summed E-state index contributed by atoms with van der Waals surface area (Å²) < 4.78 is 0. The van der Waals surface area contributed by atoms with Crippen LogP contribution >= 0.6 is 0 Å². The van der Waals surface area contributed by atoms with Gasteiger partial charge in [-0.2, -0.15) is 0 Å². The highest BCUT2D eigenvalue weighted by molar-refractivity contribution is 4.75. The number of rotatable bonds is 13. The maximum atomic E-state index is 3.63. The summed E-state index contributed by atoms with van der Waals surface area (Å²) in [5, 5.41) is 3.63. The monoisotopic (exact) mass is 296 g/mol. The highest BCUT2D eigenvalue weighted by Crippen LogP contribution is 2.20. The van der Waals surface area contributed by atoms with Gasteiger partial charge >= 0.3 is 0 Å². The molecule has 1 saturated heterocycles. The molecule has 1 unspecified atom stereocenters. The van der Waals surface area contributed by atoms with E-state index in [-0.39, 0.29) is 0 Å². The molecule has 1 fully saturated rings. The first-order valence-electron chi connectivity index (χ1n) is 9.83. The van der Waals surface area contributed by atoms with Crippen LogP contribution in [0.1, 0.15) is 90.9 Å². The smallest absolute Gasteiger partial charge is 0.00957 e. The van der Waals surface area contributed by atoms with Gasteiger partial charge in [0, 0.05) is 6.04 Å². The van der Waals surface area contributed by atoms with Crippen LogP contribution in [0.15, 0.2) is 0 Å².